The van der Waals surface area contributed by atoms with Gasteiger partial charge in [0.05, 0.1) is 23.4 Å². The van der Waals surface area contributed by atoms with E-state index in [1.165, 1.54) is 6.07 Å². The molecular weight excluding hydrogens is 340 g/mol. The summed E-state index contributed by atoms with van der Waals surface area (Å²) < 4.78 is 10.5. The van der Waals surface area contributed by atoms with E-state index in [0.29, 0.717) is 16.8 Å². The predicted molar refractivity (Wildman–Crippen MR) is 96.6 cm³/mol. The Balaban J connectivity index is 1.73. The molecule has 0 amide bonds. The quantitative estimate of drug-likeness (QED) is 0.482. The molecule has 0 bridgehead atoms. The van der Waals surface area contributed by atoms with Gasteiger partial charge in [-0.25, -0.2) is 9.78 Å². The highest BCUT2D eigenvalue weighted by molar-refractivity contribution is 7.80. The monoisotopic (exact) mass is 354 g/mol. The summed E-state index contributed by atoms with van der Waals surface area (Å²) in [5.74, 6) is 0.275. The minimum atomic E-state index is -1.09. The molecule has 2 aromatic heterocycles. The van der Waals surface area contributed by atoms with E-state index in [-0.39, 0.29) is 11.0 Å². The Bertz CT molecular complexity index is 1100. The van der Waals surface area contributed by atoms with Crippen molar-refractivity contribution in [2.75, 3.05) is 7.11 Å². The van der Waals surface area contributed by atoms with E-state index in [1.54, 1.807) is 13.2 Å². The lowest BCUT2D eigenvalue weighted by atomic mass is 10.1. The Kier molecular flexibility index (Phi) is 3.65. The fourth-order valence-corrected chi connectivity index (χ4v) is 3.04. The Morgan fingerprint density at radius 2 is 2.12 bits per heavy atom. The Morgan fingerprint density at radius 1 is 1.28 bits per heavy atom. The van der Waals surface area contributed by atoms with E-state index in [0.717, 1.165) is 22.3 Å². The van der Waals surface area contributed by atoms with Crippen LogP contribution in [0.25, 0.3) is 22.0 Å². The summed E-state index contributed by atoms with van der Waals surface area (Å²) in [6.07, 6.45) is 0. The molecule has 7 heteroatoms. The number of rotatable bonds is 4. The number of imidazole rings is 1. The maximum absolute atomic E-state index is 11.0. The van der Waals surface area contributed by atoms with E-state index in [4.69, 9.17) is 14.3 Å². The molecule has 4 rings (SSSR count). The number of ether oxygens (including phenoxy) is 1. The molecule has 0 aliphatic carbocycles. The second-order valence-electron chi connectivity index (χ2n) is 5.62. The van der Waals surface area contributed by atoms with Crippen molar-refractivity contribution in [1.29, 1.82) is 0 Å². The van der Waals surface area contributed by atoms with Gasteiger partial charge in [0.25, 0.3) is 0 Å². The van der Waals surface area contributed by atoms with Crippen LogP contribution in [0.15, 0.2) is 46.9 Å². The molecule has 0 radical (unpaired) electrons. The first-order valence-corrected chi connectivity index (χ1v) is 8.05. The molecule has 0 spiro atoms. The fourth-order valence-electron chi connectivity index (χ4n) is 2.76. The summed E-state index contributed by atoms with van der Waals surface area (Å²) in [5, 5.41) is 9.46. The van der Waals surface area contributed by atoms with Crippen molar-refractivity contribution in [2.45, 2.75) is 5.25 Å². The number of aromatic nitrogens is 2. The van der Waals surface area contributed by atoms with Crippen LogP contribution >= 0.6 is 12.6 Å². The summed E-state index contributed by atoms with van der Waals surface area (Å²) in [5.41, 5.74) is 3.11. The molecule has 1 unspecified atom stereocenters. The first-order chi connectivity index (χ1) is 12.0. The lowest BCUT2D eigenvalue weighted by molar-refractivity contribution is 0.0665. The summed E-state index contributed by atoms with van der Waals surface area (Å²) in [6, 6.07) is 12.6. The number of carboxylic acid groups (broad SMARTS) is 1. The van der Waals surface area contributed by atoms with E-state index in [9.17, 15) is 4.79 Å². The van der Waals surface area contributed by atoms with Crippen LogP contribution in [-0.4, -0.2) is 28.2 Å². The molecule has 25 heavy (non-hydrogen) atoms. The molecule has 0 saturated carbocycles. The Hall–Kier alpha value is -2.93. The molecule has 6 nitrogen and oxygen atoms in total. The molecule has 2 heterocycles. The number of benzene rings is 2. The zero-order valence-corrected chi connectivity index (χ0v) is 14.1. The number of carbonyl (C=O) groups is 1. The highest BCUT2D eigenvalue weighted by Crippen LogP contribution is 2.31. The van der Waals surface area contributed by atoms with Crippen LogP contribution in [0.3, 0.4) is 0 Å². The number of furan rings is 1. The lowest BCUT2D eigenvalue weighted by Crippen LogP contribution is -1.95. The minimum absolute atomic E-state index is 0.0845. The van der Waals surface area contributed by atoms with E-state index < -0.39 is 5.97 Å². The standard InChI is InChI=1S/C18H14N2O4S/c1-23-11-3-4-12-13(8-11)20-17(19-12)16(25)9-2-5-14-10(6-9)7-15(24-14)18(21)22/h2-8,16,25H,1H3,(H,19,20)(H,21,22). The van der Waals surface area contributed by atoms with Gasteiger partial charge in [-0.3, -0.25) is 0 Å². The van der Waals surface area contributed by atoms with Crippen molar-refractivity contribution >= 4 is 40.6 Å². The van der Waals surface area contributed by atoms with Crippen molar-refractivity contribution in [3.8, 4) is 5.75 Å². The average molecular weight is 354 g/mol. The van der Waals surface area contributed by atoms with E-state index >= 15 is 0 Å². The minimum Gasteiger partial charge on any atom is -0.497 e. The van der Waals surface area contributed by atoms with Crippen LogP contribution in [0.4, 0.5) is 0 Å². The predicted octanol–water partition coefficient (Wildman–Crippen LogP) is 4.04. The zero-order chi connectivity index (χ0) is 17.6. The van der Waals surface area contributed by atoms with E-state index in [2.05, 4.69) is 22.6 Å². The first-order valence-electron chi connectivity index (χ1n) is 7.53. The van der Waals surface area contributed by atoms with Gasteiger partial charge in [-0.15, -0.1) is 0 Å². The fraction of sp³-hybridized carbons (Fsp3) is 0.111. The van der Waals surface area contributed by atoms with Gasteiger partial charge in [-0.2, -0.15) is 12.6 Å². The molecule has 126 valence electrons. The number of methoxy groups -OCH3 is 1. The van der Waals surface area contributed by atoms with Gasteiger partial charge < -0.3 is 19.2 Å². The molecule has 2 N–H and O–H groups in total. The number of hydrogen-bond donors (Lipinski definition) is 3. The summed E-state index contributed by atoms with van der Waals surface area (Å²) in [4.78, 5) is 18.9. The number of H-pyrrole nitrogens is 1. The Labute approximate surface area is 147 Å². The number of aromatic amines is 1. The summed E-state index contributed by atoms with van der Waals surface area (Å²) >= 11 is 4.67. The topological polar surface area (TPSA) is 88.3 Å². The highest BCUT2D eigenvalue weighted by Gasteiger charge is 2.17. The van der Waals surface area contributed by atoms with Crippen LogP contribution in [0.1, 0.15) is 27.2 Å². The van der Waals surface area contributed by atoms with Gasteiger partial charge >= 0.3 is 5.97 Å². The first kappa shape index (κ1) is 15.6. The van der Waals surface area contributed by atoms with Gasteiger partial charge in [0, 0.05) is 11.5 Å². The van der Waals surface area contributed by atoms with Crippen LogP contribution in [-0.2, 0) is 0 Å². The highest BCUT2D eigenvalue weighted by atomic mass is 32.1. The van der Waals surface area contributed by atoms with Crippen molar-refractivity contribution in [3.05, 3.63) is 59.6 Å². The smallest absolute Gasteiger partial charge is 0.371 e. The largest absolute Gasteiger partial charge is 0.497 e. The third-order valence-electron chi connectivity index (χ3n) is 4.03. The zero-order valence-electron chi connectivity index (χ0n) is 13.2. The van der Waals surface area contributed by atoms with Crippen LogP contribution in [0.5, 0.6) is 5.75 Å². The molecule has 0 saturated heterocycles. The molecule has 0 aliphatic rings. The number of fused-ring (bicyclic) bond motifs is 2. The number of nitrogens with one attached hydrogen (secondary N) is 1. The third-order valence-corrected chi connectivity index (χ3v) is 4.58. The molecule has 4 aromatic rings. The van der Waals surface area contributed by atoms with Crippen molar-refractivity contribution in [2.24, 2.45) is 0 Å². The lowest BCUT2D eigenvalue weighted by Gasteiger charge is -2.07. The second kappa shape index (κ2) is 5.86. The Morgan fingerprint density at radius 3 is 2.88 bits per heavy atom. The molecular formula is C18H14N2O4S. The molecule has 0 aliphatic heterocycles. The number of hydrogen-bond acceptors (Lipinski definition) is 5. The van der Waals surface area contributed by atoms with Crippen LogP contribution in [0, 0.1) is 0 Å². The van der Waals surface area contributed by atoms with E-state index in [1.807, 2.05) is 30.3 Å². The third kappa shape index (κ3) is 2.72. The molecule has 0 fully saturated rings. The molecule has 1 atom stereocenters. The van der Waals surface area contributed by atoms with Gasteiger partial charge in [-0.1, -0.05) is 6.07 Å². The van der Waals surface area contributed by atoms with Crippen molar-refractivity contribution < 1.29 is 19.1 Å². The molecule has 2 aromatic carbocycles. The van der Waals surface area contributed by atoms with Gasteiger partial charge in [0.2, 0.25) is 5.76 Å². The number of carboxylic acids is 1. The van der Waals surface area contributed by atoms with Crippen LogP contribution < -0.4 is 4.74 Å². The van der Waals surface area contributed by atoms with Gasteiger partial charge in [0.1, 0.15) is 17.2 Å². The van der Waals surface area contributed by atoms with Crippen LogP contribution in [0.2, 0.25) is 0 Å². The summed E-state index contributed by atoms with van der Waals surface area (Å²) in [7, 11) is 1.62. The number of nitrogens with zero attached hydrogens (tertiary/aromatic N) is 1. The van der Waals surface area contributed by atoms with Gasteiger partial charge in [0.15, 0.2) is 0 Å². The number of aromatic carboxylic acids is 1. The number of thiol groups is 1. The normalized spacial score (nSPS) is 12.6. The maximum Gasteiger partial charge on any atom is 0.371 e. The SMILES string of the molecule is COc1ccc2nc(C(S)c3ccc4oc(C(=O)O)cc4c3)[nH]c2c1. The van der Waals surface area contributed by atoms with Gasteiger partial charge in [-0.05, 0) is 35.9 Å². The maximum atomic E-state index is 11.0. The van der Waals surface area contributed by atoms with Crippen molar-refractivity contribution in [1.82, 2.24) is 9.97 Å². The second-order valence-corrected chi connectivity index (χ2v) is 6.14. The van der Waals surface area contributed by atoms with Crippen molar-refractivity contribution in [3.63, 3.8) is 0 Å². The summed E-state index contributed by atoms with van der Waals surface area (Å²) in [6.45, 7) is 0. The average Bonchev–Trinajstić information content (AvgIpc) is 3.23.